The lowest BCUT2D eigenvalue weighted by atomic mass is 10.1. The first-order valence-corrected chi connectivity index (χ1v) is 7.82. The zero-order valence-corrected chi connectivity index (χ0v) is 13.3. The van der Waals surface area contributed by atoms with E-state index in [4.69, 9.17) is 5.41 Å². The van der Waals surface area contributed by atoms with Gasteiger partial charge in [0.15, 0.2) is 0 Å². The van der Waals surface area contributed by atoms with Gasteiger partial charge in [0.1, 0.15) is 6.34 Å². The van der Waals surface area contributed by atoms with E-state index >= 15 is 0 Å². The quantitative estimate of drug-likeness (QED) is 0.386. The van der Waals surface area contributed by atoms with Crippen molar-refractivity contribution in [1.82, 2.24) is 4.57 Å². The number of aliphatic imine (C=N–C) groups is 2. The van der Waals surface area contributed by atoms with Crippen molar-refractivity contribution in [3.05, 3.63) is 60.7 Å². The van der Waals surface area contributed by atoms with Crippen LogP contribution in [0.4, 0.5) is 0 Å². The number of rotatable bonds is 1. The van der Waals surface area contributed by atoms with Crippen LogP contribution in [0.1, 0.15) is 6.92 Å². The normalized spacial score (nSPS) is 12.6. The van der Waals surface area contributed by atoms with Gasteiger partial charge in [-0.1, -0.05) is 54.6 Å². The fourth-order valence-corrected chi connectivity index (χ4v) is 3.26. The van der Waals surface area contributed by atoms with Crippen molar-refractivity contribution in [2.75, 3.05) is 0 Å². The molecule has 0 fully saturated rings. The Bertz CT molecular complexity index is 1130. The molecule has 4 aromatic rings. The lowest BCUT2D eigenvalue weighted by molar-refractivity contribution is 1.23. The molecule has 0 saturated heterocycles. The van der Waals surface area contributed by atoms with Gasteiger partial charge in [-0.15, -0.1) is 0 Å². The summed E-state index contributed by atoms with van der Waals surface area (Å²) in [6, 6.07) is 20.8. The third-order valence-corrected chi connectivity index (χ3v) is 4.18. The molecule has 1 aromatic heterocycles. The summed E-state index contributed by atoms with van der Waals surface area (Å²) in [4.78, 5) is 8.59. The number of hydrogen-bond donors (Lipinski definition) is 1. The third-order valence-electron chi connectivity index (χ3n) is 4.18. The van der Waals surface area contributed by atoms with Gasteiger partial charge in [-0.05, 0) is 18.4 Å². The van der Waals surface area contributed by atoms with Crippen molar-refractivity contribution in [1.29, 1.82) is 5.41 Å². The molecule has 24 heavy (non-hydrogen) atoms. The SMILES string of the molecule is C/C=N\C(=N/C=N)n1c2ccccc2c2ccc3ccccc3c21. The average Bonchev–Trinajstić information content (AvgIpc) is 2.96. The van der Waals surface area contributed by atoms with Gasteiger partial charge in [0.2, 0.25) is 5.96 Å². The van der Waals surface area contributed by atoms with Gasteiger partial charge in [-0.3, -0.25) is 9.98 Å². The van der Waals surface area contributed by atoms with Crippen LogP contribution >= 0.6 is 0 Å². The fourth-order valence-electron chi connectivity index (χ4n) is 3.26. The number of para-hydroxylation sites is 1. The minimum absolute atomic E-state index is 0.495. The lowest BCUT2D eigenvalue weighted by Crippen LogP contribution is -2.09. The van der Waals surface area contributed by atoms with Crippen LogP contribution in [0, 0.1) is 5.41 Å². The van der Waals surface area contributed by atoms with Gasteiger partial charge in [0.05, 0.1) is 11.0 Å². The van der Waals surface area contributed by atoms with Gasteiger partial charge < -0.3 is 0 Å². The minimum Gasteiger partial charge on any atom is -0.289 e. The first-order valence-electron chi connectivity index (χ1n) is 7.82. The predicted molar refractivity (Wildman–Crippen MR) is 103 cm³/mol. The summed E-state index contributed by atoms with van der Waals surface area (Å²) >= 11 is 0. The molecule has 0 spiro atoms. The Morgan fingerprint density at radius 3 is 2.46 bits per heavy atom. The van der Waals surface area contributed by atoms with Gasteiger partial charge in [-0.25, -0.2) is 9.98 Å². The maximum absolute atomic E-state index is 7.39. The average molecular weight is 312 g/mol. The molecule has 4 rings (SSSR count). The summed E-state index contributed by atoms with van der Waals surface area (Å²) in [5, 5.41) is 12.0. The molecule has 0 aliphatic rings. The molecule has 116 valence electrons. The molecule has 0 aliphatic carbocycles. The van der Waals surface area contributed by atoms with Crippen molar-refractivity contribution < 1.29 is 0 Å². The Morgan fingerprint density at radius 1 is 0.917 bits per heavy atom. The molecule has 0 bridgehead atoms. The number of fused-ring (bicyclic) bond motifs is 5. The molecule has 3 aromatic carbocycles. The van der Waals surface area contributed by atoms with E-state index < -0.39 is 0 Å². The van der Waals surface area contributed by atoms with E-state index in [1.54, 1.807) is 6.21 Å². The van der Waals surface area contributed by atoms with E-state index in [1.165, 1.54) is 5.39 Å². The second kappa shape index (κ2) is 5.74. The van der Waals surface area contributed by atoms with E-state index in [0.717, 1.165) is 33.5 Å². The molecule has 0 amide bonds. The monoisotopic (exact) mass is 312 g/mol. The maximum atomic E-state index is 7.39. The molecule has 4 nitrogen and oxygen atoms in total. The number of aromatic nitrogens is 1. The largest absolute Gasteiger partial charge is 0.289 e. The molecular weight excluding hydrogens is 296 g/mol. The summed E-state index contributed by atoms with van der Waals surface area (Å²) in [5.41, 5.74) is 2.11. The molecule has 0 atom stereocenters. The van der Waals surface area contributed by atoms with Crippen LogP contribution in [-0.2, 0) is 0 Å². The number of benzene rings is 3. The van der Waals surface area contributed by atoms with Gasteiger partial charge >= 0.3 is 0 Å². The van der Waals surface area contributed by atoms with Crippen LogP contribution < -0.4 is 0 Å². The number of nitrogens with one attached hydrogen (secondary N) is 1. The molecule has 4 heteroatoms. The minimum atomic E-state index is 0.495. The second-order valence-corrected chi connectivity index (χ2v) is 5.48. The fraction of sp³-hybridized carbons (Fsp3) is 0.0500. The number of hydrogen-bond acceptors (Lipinski definition) is 1. The van der Waals surface area contributed by atoms with Crippen LogP contribution in [0.3, 0.4) is 0 Å². The van der Waals surface area contributed by atoms with Crippen molar-refractivity contribution in [3.63, 3.8) is 0 Å². The maximum Gasteiger partial charge on any atom is 0.235 e. The zero-order valence-electron chi connectivity index (χ0n) is 13.3. The Hall–Kier alpha value is -3.27. The summed E-state index contributed by atoms with van der Waals surface area (Å²) in [6.07, 6.45) is 2.74. The van der Waals surface area contributed by atoms with Crippen LogP contribution in [-0.4, -0.2) is 23.1 Å². The Labute approximate surface area is 139 Å². The highest BCUT2D eigenvalue weighted by atomic mass is 15.2. The molecule has 0 unspecified atom stereocenters. The van der Waals surface area contributed by atoms with E-state index in [9.17, 15) is 0 Å². The molecule has 1 heterocycles. The smallest absolute Gasteiger partial charge is 0.235 e. The van der Waals surface area contributed by atoms with E-state index in [-0.39, 0.29) is 0 Å². The van der Waals surface area contributed by atoms with E-state index in [2.05, 4.69) is 46.4 Å². The van der Waals surface area contributed by atoms with Crippen LogP contribution in [0.25, 0.3) is 32.6 Å². The zero-order chi connectivity index (χ0) is 16.5. The Morgan fingerprint density at radius 2 is 1.67 bits per heavy atom. The molecule has 0 aliphatic heterocycles. The first kappa shape index (κ1) is 14.3. The summed E-state index contributed by atoms with van der Waals surface area (Å²) in [5.74, 6) is 0.495. The van der Waals surface area contributed by atoms with E-state index in [1.807, 2.05) is 35.8 Å². The highest BCUT2D eigenvalue weighted by molar-refractivity contribution is 6.22. The molecular formula is C20H16N4. The lowest BCUT2D eigenvalue weighted by Gasteiger charge is -2.08. The molecule has 0 saturated carbocycles. The van der Waals surface area contributed by atoms with Gasteiger partial charge in [0.25, 0.3) is 0 Å². The second-order valence-electron chi connectivity index (χ2n) is 5.48. The molecule has 1 N–H and O–H groups in total. The topological polar surface area (TPSA) is 53.5 Å². The van der Waals surface area contributed by atoms with Crippen molar-refractivity contribution in [2.45, 2.75) is 6.92 Å². The van der Waals surface area contributed by atoms with Crippen molar-refractivity contribution in [2.24, 2.45) is 9.98 Å². The highest BCUT2D eigenvalue weighted by Gasteiger charge is 2.15. The summed E-state index contributed by atoms with van der Waals surface area (Å²) in [6.45, 7) is 1.85. The van der Waals surface area contributed by atoms with Gasteiger partial charge in [-0.2, -0.15) is 0 Å². The highest BCUT2D eigenvalue weighted by Crippen LogP contribution is 2.34. The van der Waals surface area contributed by atoms with Gasteiger partial charge in [0, 0.05) is 22.4 Å². The van der Waals surface area contributed by atoms with Crippen LogP contribution in [0.2, 0.25) is 0 Å². The van der Waals surface area contributed by atoms with Crippen LogP contribution in [0.5, 0.6) is 0 Å². The van der Waals surface area contributed by atoms with E-state index in [0.29, 0.717) is 5.96 Å². The molecule has 0 radical (unpaired) electrons. The Kier molecular flexibility index (Phi) is 3.43. The summed E-state index contributed by atoms with van der Waals surface area (Å²) in [7, 11) is 0. The first-order chi connectivity index (χ1) is 11.8. The summed E-state index contributed by atoms with van der Waals surface area (Å²) < 4.78 is 2.04. The standard InChI is InChI=1S/C20H16N4/c1-2-22-20(23-13-21)24-18-10-6-5-9-16(18)17-12-11-14-7-3-4-8-15(14)19(17)24/h2-13,21H,1H3/b21-13?,22-2-,23-20+. The Balaban J connectivity index is 2.29. The predicted octanol–water partition coefficient (Wildman–Crippen LogP) is 4.85. The third kappa shape index (κ3) is 2.04. The number of nitrogens with zero attached hydrogens (tertiary/aromatic N) is 3. The van der Waals surface area contributed by atoms with Crippen molar-refractivity contribution >= 4 is 51.1 Å². The van der Waals surface area contributed by atoms with Crippen molar-refractivity contribution in [3.8, 4) is 0 Å². The van der Waals surface area contributed by atoms with Crippen LogP contribution in [0.15, 0.2) is 70.6 Å².